The quantitative estimate of drug-likeness (QED) is 0.679. The minimum Gasteiger partial charge on any atom is -0.497 e. The molecule has 0 atom stereocenters. The molecule has 1 amide bonds. The van der Waals surface area contributed by atoms with Gasteiger partial charge < -0.3 is 14.8 Å². The highest BCUT2D eigenvalue weighted by Gasteiger charge is 2.10. The molecule has 27 heavy (non-hydrogen) atoms. The summed E-state index contributed by atoms with van der Waals surface area (Å²) in [6.45, 7) is 0.292. The molecule has 0 aliphatic carbocycles. The van der Waals surface area contributed by atoms with Crippen LogP contribution in [-0.2, 0) is 11.3 Å². The molecule has 7 nitrogen and oxygen atoms in total. The Morgan fingerprint density at radius 1 is 0.963 bits per heavy atom. The summed E-state index contributed by atoms with van der Waals surface area (Å²) in [6.07, 6.45) is 1.83. The molecule has 7 heteroatoms. The molecule has 3 aromatic rings. The summed E-state index contributed by atoms with van der Waals surface area (Å²) in [6, 6.07) is 15.6. The monoisotopic (exact) mass is 365 g/mol. The lowest BCUT2D eigenvalue weighted by Gasteiger charge is -2.05. The molecule has 0 radical (unpaired) electrons. The van der Waals surface area contributed by atoms with E-state index >= 15 is 0 Å². The Bertz CT molecular complexity index is 931. The zero-order chi connectivity index (χ0) is 19.2. The minimum absolute atomic E-state index is 0.245. The minimum atomic E-state index is -0.439. The van der Waals surface area contributed by atoms with Gasteiger partial charge in [-0.1, -0.05) is 0 Å². The van der Waals surface area contributed by atoms with Crippen LogP contribution in [0.1, 0.15) is 26.4 Å². The molecule has 0 saturated heterocycles. The van der Waals surface area contributed by atoms with E-state index in [9.17, 15) is 9.59 Å². The Morgan fingerprint density at radius 2 is 1.63 bits per heavy atom. The third-order valence-corrected chi connectivity index (χ3v) is 3.98. The van der Waals surface area contributed by atoms with Gasteiger partial charge in [-0.05, 0) is 54.6 Å². The smallest absolute Gasteiger partial charge is 0.337 e. The van der Waals surface area contributed by atoms with E-state index < -0.39 is 5.97 Å². The molecule has 0 fully saturated rings. The number of carbonyl (C=O) groups excluding carboxylic acids is 2. The topological polar surface area (TPSA) is 82.5 Å². The maximum atomic E-state index is 12.2. The van der Waals surface area contributed by atoms with Crippen LogP contribution in [0.15, 0.2) is 60.8 Å². The second kappa shape index (κ2) is 8.18. The summed E-state index contributed by atoms with van der Waals surface area (Å²) in [4.78, 5) is 23.7. The fourth-order valence-corrected chi connectivity index (χ4v) is 2.48. The first-order valence-corrected chi connectivity index (χ1v) is 8.26. The molecule has 0 bridgehead atoms. The van der Waals surface area contributed by atoms with E-state index in [1.807, 2.05) is 36.5 Å². The Morgan fingerprint density at radius 3 is 2.26 bits per heavy atom. The summed E-state index contributed by atoms with van der Waals surface area (Å²) in [5.41, 5.74) is 2.47. The van der Waals surface area contributed by atoms with Crippen molar-refractivity contribution in [1.29, 1.82) is 0 Å². The predicted molar refractivity (Wildman–Crippen MR) is 99.1 cm³/mol. The van der Waals surface area contributed by atoms with E-state index in [0.717, 1.165) is 17.1 Å². The summed E-state index contributed by atoms with van der Waals surface area (Å²) in [5.74, 6) is 0.0908. The van der Waals surface area contributed by atoms with E-state index in [2.05, 4.69) is 15.2 Å². The SMILES string of the molecule is COC(=O)c1ccc(C(=O)NCc2ccn(-c3ccc(OC)cc3)n2)cc1. The van der Waals surface area contributed by atoms with Crippen molar-refractivity contribution in [3.8, 4) is 11.4 Å². The number of esters is 1. The molecular weight excluding hydrogens is 346 g/mol. The number of ether oxygens (including phenoxy) is 2. The molecule has 2 aromatic carbocycles. The van der Waals surface area contributed by atoms with Crippen LogP contribution in [0.3, 0.4) is 0 Å². The van der Waals surface area contributed by atoms with E-state index in [0.29, 0.717) is 17.7 Å². The van der Waals surface area contributed by atoms with Crippen molar-refractivity contribution in [3.05, 3.63) is 77.6 Å². The van der Waals surface area contributed by atoms with Gasteiger partial charge in [0.15, 0.2) is 0 Å². The maximum absolute atomic E-state index is 12.2. The number of aromatic nitrogens is 2. The van der Waals surface area contributed by atoms with Crippen molar-refractivity contribution in [2.45, 2.75) is 6.54 Å². The van der Waals surface area contributed by atoms with Gasteiger partial charge in [0.25, 0.3) is 5.91 Å². The molecule has 0 saturated carbocycles. The Kier molecular flexibility index (Phi) is 5.51. The maximum Gasteiger partial charge on any atom is 0.337 e. The average molecular weight is 365 g/mol. The van der Waals surface area contributed by atoms with Crippen LogP contribution in [0.4, 0.5) is 0 Å². The highest BCUT2D eigenvalue weighted by molar-refractivity contribution is 5.96. The number of nitrogens with zero attached hydrogens (tertiary/aromatic N) is 2. The lowest BCUT2D eigenvalue weighted by atomic mass is 10.1. The van der Waals surface area contributed by atoms with Crippen molar-refractivity contribution >= 4 is 11.9 Å². The fourth-order valence-electron chi connectivity index (χ4n) is 2.48. The van der Waals surface area contributed by atoms with Gasteiger partial charge in [-0.25, -0.2) is 9.48 Å². The van der Waals surface area contributed by atoms with Gasteiger partial charge in [0.05, 0.1) is 37.7 Å². The van der Waals surface area contributed by atoms with Crippen molar-refractivity contribution in [2.24, 2.45) is 0 Å². The van der Waals surface area contributed by atoms with Crippen molar-refractivity contribution in [2.75, 3.05) is 14.2 Å². The van der Waals surface area contributed by atoms with Crippen molar-refractivity contribution < 1.29 is 19.1 Å². The summed E-state index contributed by atoms with van der Waals surface area (Å²) in [5, 5.41) is 7.26. The second-order valence-corrected chi connectivity index (χ2v) is 5.70. The second-order valence-electron chi connectivity index (χ2n) is 5.70. The van der Waals surface area contributed by atoms with Gasteiger partial charge in [0.2, 0.25) is 0 Å². The molecule has 138 valence electrons. The van der Waals surface area contributed by atoms with E-state index in [-0.39, 0.29) is 5.91 Å². The van der Waals surface area contributed by atoms with Gasteiger partial charge in [-0.15, -0.1) is 0 Å². The highest BCUT2D eigenvalue weighted by atomic mass is 16.5. The number of rotatable bonds is 6. The molecule has 1 heterocycles. The first-order valence-electron chi connectivity index (χ1n) is 8.26. The van der Waals surface area contributed by atoms with Gasteiger partial charge in [-0.2, -0.15) is 5.10 Å². The summed E-state index contributed by atoms with van der Waals surface area (Å²) in [7, 11) is 2.93. The van der Waals surface area contributed by atoms with E-state index in [1.54, 1.807) is 36.1 Å². The number of amides is 1. The van der Waals surface area contributed by atoms with Crippen LogP contribution in [0.5, 0.6) is 5.75 Å². The zero-order valence-electron chi connectivity index (χ0n) is 15.0. The van der Waals surface area contributed by atoms with Crippen molar-refractivity contribution in [1.82, 2.24) is 15.1 Å². The molecule has 1 aromatic heterocycles. The Labute approximate surface area is 156 Å². The standard InChI is InChI=1S/C20H19N3O4/c1-26-18-9-7-17(8-10-18)23-12-11-16(22-23)13-21-19(24)14-3-5-15(6-4-14)20(25)27-2/h3-12H,13H2,1-2H3,(H,21,24). The molecular formula is C20H19N3O4. The average Bonchev–Trinajstić information content (AvgIpc) is 3.20. The number of hydrogen-bond acceptors (Lipinski definition) is 5. The molecule has 1 N–H and O–H groups in total. The number of hydrogen-bond donors (Lipinski definition) is 1. The van der Waals surface area contributed by atoms with Gasteiger partial charge >= 0.3 is 5.97 Å². The number of methoxy groups -OCH3 is 2. The highest BCUT2D eigenvalue weighted by Crippen LogP contribution is 2.14. The van der Waals surface area contributed by atoms with Crippen LogP contribution in [0, 0.1) is 0 Å². The van der Waals surface area contributed by atoms with Gasteiger partial charge in [-0.3, -0.25) is 4.79 Å². The van der Waals surface area contributed by atoms with Crippen LogP contribution in [0.2, 0.25) is 0 Å². The van der Waals surface area contributed by atoms with Crippen molar-refractivity contribution in [3.63, 3.8) is 0 Å². The van der Waals surface area contributed by atoms with Gasteiger partial charge in [0.1, 0.15) is 5.75 Å². The fraction of sp³-hybridized carbons (Fsp3) is 0.150. The van der Waals surface area contributed by atoms with Gasteiger partial charge in [0, 0.05) is 11.8 Å². The molecule has 0 aliphatic rings. The van der Waals surface area contributed by atoms with Crippen LogP contribution in [0.25, 0.3) is 5.69 Å². The van der Waals surface area contributed by atoms with E-state index in [1.165, 1.54) is 7.11 Å². The van der Waals surface area contributed by atoms with Crippen LogP contribution >= 0.6 is 0 Å². The summed E-state index contributed by atoms with van der Waals surface area (Å²) >= 11 is 0. The molecule has 0 spiro atoms. The van der Waals surface area contributed by atoms with E-state index in [4.69, 9.17) is 4.74 Å². The predicted octanol–water partition coefficient (Wildman–Crippen LogP) is 2.60. The third kappa shape index (κ3) is 4.33. The van der Waals surface area contributed by atoms with Crippen LogP contribution in [-0.4, -0.2) is 35.9 Å². The first-order chi connectivity index (χ1) is 13.1. The molecule has 3 rings (SSSR count). The largest absolute Gasteiger partial charge is 0.497 e. The first kappa shape index (κ1) is 18.2. The molecule has 0 unspecified atom stereocenters. The Balaban J connectivity index is 1.60. The lowest BCUT2D eigenvalue weighted by molar-refractivity contribution is 0.0600. The molecule has 0 aliphatic heterocycles. The normalized spacial score (nSPS) is 10.3. The summed E-state index contributed by atoms with van der Waals surface area (Å²) < 4.78 is 11.5. The third-order valence-electron chi connectivity index (χ3n) is 3.98. The Hall–Kier alpha value is -3.61. The number of benzene rings is 2. The zero-order valence-corrected chi connectivity index (χ0v) is 15.0. The number of nitrogens with one attached hydrogen (secondary N) is 1. The lowest BCUT2D eigenvalue weighted by Crippen LogP contribution is -2.23. The number of carbonyl (C=O) groups is 2. The van der Waals surface area contributed by atoms with Crippen LogP contribution < -0.4 is 10.1 Å².